The number of nitrogens with one attached hydrogen (secondary N) is 1. The normalized spacial score (nSPS) is 16.6. The van der Waals surface area contributed by atoms with Gasteiger partial charge in [0.25, 0.3) is 5.56 Å². The number of halogens is 3. The Bertz CT molecular complexity index is 1130. The van der Waals surface area contributed by atoms with Gasteiger partial charge in [0.2, 0.25) is 5.91 Å². The van der Waals surface area contributed by atoms with Crippen LogP contribution in [0.4, 0.5) is 18.9 Å². The van der Waals surface area contributed by atoms with Crippen LogP contribution in [0.1, 0.15) is 30.2 Å². The predicted molar refractivity (Wildman–Crippen MR) is 101 cm³/mol. The number of aryl methyl sites for hydroxylation is 1. The summed E-state index contributed by atoms with van der Waals surface area (Å²) < 4.78 is 40.7. The SMILES string of the molecule is C[C@H]1CCc2nn3ccn(CC(=O)Nc4ccc(C(F)(F)F)cc4)c(=O)c3c2C1. The second-order valence-corrected chi connectivity index (χ2v) is 7.42. The van der Waals surface area contributed by atoms with E-state index in [2.05, 4.69) is 17.3 Å². The van der Waals surface area contributed by atoms with Crippen molar-refractivity contribution in [2.75, 3.05) is 5.32 Å². The van der Waals surface area contributed by atoms with Crippen molar-refractivity contribution in [2.24, 2.45) is 5.92 Å². The fourth-order valence-electron chi connectivity index (χ4n) is 3.67. The van der Waals surface area contributed by atoms with Crippen molar-refractivity contribution in [2.45, 2.75) is 38.9 Å². The second kappa shape index (κ2) is 7.06. The molecule has 1 atom stereocenters. The summed E-state index contributed by atoms with van der Waals surface area (Å²) in [5.74, 6) is -0.0375. The zero-order valence-corrected chi connectivity index (χ0v) is 15.7. The van der Waals surface area contributed by atoms with Gasteiger partial charge in [-0.05, 0) is 49.4 Å². The first-order valence-electron chi connectivity index (χ1n) is 9.29. The van der Waals surface area contributed by atoms with Gasteiger partial charge in [-0.3, -0.25) is 9.59 Å². The van der Waals surface area contributed by atoms with Crippen molar-refractivity contribution in [1.82, 2.24) is 14.2 Å². The molecule has 2 aromatic heterocycles. The maximum Gasteiger partial charge on any atom is 0.416 e. The molecule has 29 heavy (non-hydrogen) atoms. The van der Waals surface area contributed by atoms with Crippen LogP contribution in [0.25, 0.3) is 5.52 Å². The van der Waals surface area contributed by atoms with Crippen molar-refractivity contribution >= 4 is 17.1 Å². The second-order valence-electron chi connectivity index (χ2n) is 7.42. The van der Waals surface area contributed by atoms with Gasteiger partial charge in [-0.25, -0.2) is 4.52 Å². The van der Waals surface area contributed by atoms with E-state index >= 15 is 0 Å². The van der Waals surface area contributed by atoms with E-state index in [0.717, 1.165) is 42.7 Å². The number of anilines is 1. The number of carbonyl (C=O) groups excluding carboxylic acids is 1. The van der Waals surface area contributed by atoms with E-state index in [1.165, 1.54) is 22.9 Å². The van der Waals surface area contributed by atoms with Crippen LogP contribution in [0, 0.1) is 5.92 Å². The van der Waals surface area contributed by atoms with Crippen LogP contribution in [0.5, 0.6) is 0 Å². The number of hydrogen-bond donors (Lipinski definition) is 1. The Labute approximate surface area is 164 Å². The molecular weight excluding hydrogens is 385 g/mol. The van der Waals surface area contributed by atoms with Gasteiger partial charge in [-0.15, -0.1) is 0 Å². The average molecular weight is 404 g/mol. The third-order valence-corrected chi connectivity index (χ3v) is 5.18. The van der Waals surface area contributed by atoms with Crippen molar-refractivity contribution < 1.29 is 18.0 Å². The molecule has 1 aliphatic rings. The summed E-state index contributed by atoms with van der Waals surface area (Å²) in [7, 11) is 0. The van der Waals surface area contributed by atoms with Gasteiger partial charge in [0.15, 0.2) is 0 Å². The van der Waals surface area contributed by atoms with Crippen molar-refractivity contribution in [3.8, 4) is 0 Å². The summed E-state index contributed by atoms with van der Waals surface area (Å²) in [6.45, 7) is 1.89. The minimum absolute atomic E-state index is 0.229. The van der Waals surface area contributed by atoms with E-state index in [0.29, 0.717) is 11.4 Å². The number of hydrogen-bond acceptors (Lipinski definition) is 3. The highest BCUT2D eigenvalue weighted by Gasteiger charge is 2.30. The molecule has 0 saturated carbocycles. The molecule has 4 rings (SSSR count). The molecule has 0 fully saturated rings. The summed E-state index contributed by atoms with van der Waals surface area (Å²) in [5.41, 5.74) is 1.47. The third-order valence-electron chi connectivity index (χ3n) is 5.18. The lowest BCUT2D eigenvalue weighted by atomic mass is 9.88. The van der Waals surface area contributed by atoms with Gasteiger partial charge < -0.3 is 9.88 Å². The summed E-state index contributed by atoms with van der Waals surface area (Å²) >= 11 is 0. The number of benzene rings is 1. The summed E-state index contributed by atoms with van der Waals surface area (Å²) in [6.07, 6.45) is 1.32. The highest BCUT2D eigenvalue weighted by Crippen LogP contribution is 2.30. The topological polar surface area (TPSA) is 68.4 Å². The summed E-state index contributed by atoms with van der Waals surface area (Å²) in [4.78, 5) is 25.2. The van der Waals surface area contributed by atoms with Crippen molar-refractivity contribution in [3.63, 3.8) is 0 Å². The lowest BCUT2D eigenvalue weighted by molar-refractivity contribution is -0.137. The van der Waals surface area contributed by atoms with Crippen LogP contribution < -0.4 is 10.9 Å². The highest BCUT2D eigenvalue weighted by molar-refractivity contribution is 5.90. The standard InChI is InChI=1S/C20H19F3N4O2/c1-12-2-7-16-15(10-12)18-19(29)26(8-9-27(18)25-16)11-17(28)24-14-5-3-13(4-6-14)20(21,22)23/h3-6,8-9,12H,2,7,10-11H2,1H3,(H,24,28)/t12-/m0/s1. The predicted octanol–water partition coefficient (Wildman–Crippen LogP) is 3.28. The highest BCUT2D eigenvalue weighted by atomic mass is 19.4. The molecule has 0 bridgehead atoms. The van der Waals surface area contributed by atoms with Gasteiger partial charge in [0.1, 0.15) is 12.1 Å². The quantitative estimate of drug-likeness (QED) is 0.729. The largest absolute Gasteiger partial charge is 0.416 e. The molecule has 1 aliphatic carbocycles. The van der Waals surface area contributed by atoms with Crippen LogP contribution in [0.2, 0.25) is 0 Å². The number of amides is 1. The van der Waals surface area contributed by atoms with Crippen molar-refractivity contribution in [1.29, 1.82) is 0 Å². The van der Waals surface area contributed by atoms with Gasteiger partial charge >= 0.3 is 6.18 Å². The van der Waals surface area contributed by atoms with Crippen molar-refractivity contribution in [3.05, 3.63) is 63.8 Å². The Morgan fingerprint density at radius 3 is 2.66 bits per heavy atom. The van der Waals surface area contributed by atoms with Crippen LogP contribution in [-0.2, 0) is 30.4 Å². The van der Waals surface area contributed by atoms with E-state index in [1.807, 2.05) is 0 Å². The molecule has 1 aromatic carbocycles. The number of rotatable bonds is 3. The zero-order chi connectivity index (χ0) is 20.8. The number of alkyl halides is 3. The van der Waals surface area contributed by atoms with E-state index in [-0.39, 0.29) is 17.8 Å². The fraction of sp³-hybridized carbons (Fsp3) is 0.350. The molecule has 0 saturated heterocycles. The Morgan fingerprint density at radius 2 is 1.97 bits per heavy atom. The lowest BCUT2D eigenvalue weighted by Crippen LogP contribution is -2.28. The first-order chi connectivity index (χ1) is 13.7. The fourth-order valence-corrected chi connectivity index (χ4v) is 3.67. The molecule has 1 amide bonds. The Morgan fingerprint density at radius 1 is 1.24 bits per heavy atom. The molecule has 2 heterocycles. The zero-order valence-electron chi connectivity index (χ0n) is 15.7. The maximum absolute atomic E-state index is 12.9. The Kier molecular flexibility index (Phi) is 4.68. The minimum Gasteiger partial charge on any atom is -0.325 e. The molecule has 0 spiro atoms. The molecule has 9 heteroatoms. The smallest absolute Gasteiger partial charge is 0.325 e. The van der Waals surface area contributed by atoms with Crippen LogP contribution >= 0.6 is 0 Å². The number of fused-ring (bicyclic) bond motifs is 3. The van der Waals surface area contributed by atoms with Crippen LogP contribution in [0.15, 0.2) is 41.5 Å². The molecular formula is C20H19F3N4O2. The van der Waals surface area contributed by atoms with E-state index in [9.17, 15) is 22.8 Å². The first kappa shape index (κ1) is 19.2. The summed E-state index contributed by atoms with van der Waals surface area (Å²) in [5, 5.41) is 6.99. The molecule has 152 valence electrons. The van der Waals surface area contributed by atoms with Gasteiger partial charge in [-0.1, -0.05) is 6.92 Å². The summed E-state index contributed by atoms with van der Waals surface area (Å²) in [6, 6.07) is 4.16. The minimum atomic E-state index is -4.44. The van der Waals surface area contributed by atoms with Crippen LogP contribution in [0.3, 0.4) is 0 Å². The maximum atomic E-state index is 12.9. The Balaban J connectivity index is 1.55. The molecule has 6 nitrogen and oxygen atoms in total. The number of aromatic nitrogens is 3. The average Bonchev–Trinajstić information content (AvgIpc) is 3.02. The first-order valence-corrected chi connectivity index (χ1v) is 9.29. The van der Waals surface area contributed by atoms with E-state index in [4.69, 9.17) is 0 Å². The molecule has 1 N–H and O–H groups in total. The van der Waals surface area contributed by atoms with E-state index in [1.54, 1.807) is 10.7 Å². The van der Waals surface area contributed by atoms with Gasteiger partial charge in [-0.2, -0.15) is 18.3 Å². The monoisotopic (exact) mass is 404 g/mol. The number of carbonyl (C=O) groups is 1. The molecule has 0 unspecified atom stereocenters. The van der Waals surface area contributed by atoms with E-state index < -0.39 is 17.6 Å². The lowest BCUT2D eigenvalue weighted by Gasteiger charge is -2.16. The Hall–Kier alpha value is -3.10. The molecule has 3 aromatic rings. The third kappa shape index (κ3) is 3.76. The molecule has 0 aliphatic heterocycles. The molecule has 0 radical (unpaired) electrons. The van der Waals surface area contributed by atoms with Crippen LogP contribution in [-0.4, -0.2) is 20.1 Å². The number of nitrogens with zero attached hydrogens (tertiary/aromatic N) is 3. The van der Waals surface area contributed by atoms with Gasteiger partial charge in [0, 0.05) is 23.6 Å². The van der Waals surface area contributed by atoms with Gasteiger partial charge in [0.05, 0.1) is 11.3 Å².